The van der Waals surface area contributed by atoms with Gasteiger partial charge in [-0.2, -0.15) is 0 Å². The molecule has 2 unspecified atom stereocenters. The predicted molar refractivity (Wildman–Crippen MR) is 85.5 cm³/mol. The highest BCUT2D eigenvalue weighted by atomic mass is 15.2. The summed E-state index contributed by atoms with van der Waals surface area (Å²) in [7, 11) is 0. The minimum atomic E-state index is 0.235. The molecule has 2 atom stereocenters. The second-order valence-electron chi connectivity index (χ2n) is 6.62. The quantitative estimate of drug-likeness (QED) is 0.664. The number of unbranched alkanes of at least 4 members (excludes halogenated alkanes) is 3. The summed E-state index contributed by atoms with van der Waals surface area (Å²) in [5.74, 6) is 0. The Kier molecular flexibility index (Phi) is 8.01. The molecule has 0 aromatic carbocycles. The second-order valence-corrected chi connectivity index (χ2v) is 6.62. The summed E-state index contributed by atoms with van der Waals surface area (Å²) in [6.45, 7) is 9.11. The van der Waals surface area contributed by atoms with Crippen LogP contribution in [0.25, 0.3) is 0 Å². The number of likely N-dealkylation sites (tertiary alicyclic amines) is 1. The van der Waals surface area contributed by atoms with E-state index in [1.165, 1.54) is 70.8 Å². The summed E-state index contributed by atoms with van der Waals surface area (Å²) in [5.41, 5.74) is 6.41. The lowest BCUT2D eigenvalue weighted by atomic mass is 9.89. The Morgan fingerprint density at radius 1 is 1.11 bits per heavy atom. The molecule has 0 saturated carbocycles. The van der Waals surface area contributed by atoms with Crippen LogP contribution in [0.2, 0.25) is 0 Å². The third-order valence-corrected chi connectivity index (χ3v) is 5.05. The number of hydrogen-bond acceptors (Lipinski definition) is 2. The number of nitrogens with zero attached hydrogens (tertiary/aromatic N) is 1. The SMILES string of the molecule is CCCCCCC(C)(CN)N1CCCCCC1CC. The lowest BCUT2D eigenvalue weighted by Crippen LogP contribution is -2.55. The summed E-state index contributed by atoms with van der Waals surface area (Å²) in [6.07, 6.45) is 13.5. The van der Waals surface area contributed by atoms with Crippen molar-refractivity contribution in [2.24, 2.45) is 5.73 Å². The third kappa shape index (κ3) is 5.07. The molecule has 2 heteroatoms. The van der Waals surface area contributed by atoms with Gasteiger partial charge < -0.3 is 5.73 Å². The zero-order valence-electron chi connectivity index (χ0n) is 13.6. The van der Waals surface area contributed by atoms with E-state index in [-0.39, 0.29) is 5.54 Å². The van der Waals surface area contributed by atoms with E-state index in [0.717, 1.165) is 12.6 Å². The molecule has 0 bridgehead atoms. The Hall–Kier alpha value is -0.0800. The average Bonchev–Trinajstić information content (AvgIpc) is 2.69. The molecule has 0 radical (unpaired) electrons. The molecule has 0 spiro atoms. The Bertz CT molecular complexity index is 229. The summed E-state index contributed by atoms with van der Waals surface area (Å²) >= 11 is 0. The van der Waals surface area contributed by atoms with Crippen molar-refractivity contribution in [1.82, 2.24) is 4.90 Å². The highest BCUT2D eigenvalue weighted by Crippen LogP contribution is 2.30. The summed E-state index contributed by atoms with van der Waals surface area (Å²) in [5, 5.41) is 0. The summed E-state index contributed by atoms with van der Waals surface area (Å²) < 4.78 is 0. The van der Waals surface area contributed by atoms with Crippen molar-refractivity contribution >= 4 is 0 Å². The Labute approximate surface area is 121 Å². The molecular formula is C17H36N2. The van der Waals surface area contributed by atoms with Crippen molar-refractivity contribution in [3.8, 4) is 0 Å². The maximum atomic E-state index is 6.18. The first kappa shape index (κ1) is 17.0. The molecular weight excluding hydrogens is 232 g/mol. The largest absolute Gasteiger partial charge is 0.329 e. The first-order chi connectivity index (χ1) is 9.18. The van der Waals surface area contributed by atoms with E-state index in [2.05, 4.69) is 25.7 Å². The highest BCUT2D eigenvalue weighted by Gasteiger charge is 2.34. The fourth-order valence-corrected chi connectivity index (χ4v) is 3.61. The predicted octanol–water partition coefficient (Wildman–Crippen LogP) is 4.33. The second kappa shape index (κ2) is 8.97. The third-order valence-electron chi connectivity index (χ3n) is 5.05. The minimum Gasteiger partial charge on any atom is -0.329 e. The first-order valence-electron chi connectivity index (χ1n) is 8.64. The van der Waals surface area contributed by atoms with E-state index in [0.29, 0.717) is 0 Å². The number of rotatable bonds is 8. The Morgan fingerprint density at radius 2 is 1.89 bits per heavy atom. The van der Waals surface area contributed by atoms with Gasteiger partial charge >= 0.3 is 0 Å². The first-order valence-corrected chi connectivity index (χ1v) is 8.64. The van der Waals surface area contributed by atoms with Crippen molar-refractivity contribution in [2.75, 3.05) is 13.1 Å². The molecule has 1 fully saturated rings. The van der Waals surface area contributed by atoms with E-state index >= 15 is 0 Å². The van der Waals surface area contributed by atoms with Gasteiger partial charge in [0.2, 0.25) is 0 Å². The van der Waals surface area contributed by atoms with Crippen molar-refractivity contribution in [3.63, 3.8) is 0 Å². The zero-order chi connectivity index (χ0) is 14.1. The van der Waals surface area contributed by atoms with Gasteiger partial charge in [0.05, 0.1) is 0 Å². The van der Waals surface area contributed by atoms with Crippen LogP contribution in [0.1, 0.15) is 85.0 Å². The van der Waals surface area contributed by atoms with Gasteiger partial charge in [0, 0.05) is 18.1 Å². The molecule has 0 amide bonds. The topological polar surface area (TPSA) is 29.3 Å². The fourth-order valence-electron chi connectivity index (χ4n) is 3.61. The van der Waals surface area contributed by atoms with E-state index in [4.69, 9.17) is 5.73 Å². The standard InChI is InChI=1S/C17H36N2/c1-4-6-7-10-13-17(3,15-18)19-14-11-8-9-12-16(19)5-2/h16H,4-15,18H2,1-3H3. The minimum absolute atomic E-state index is 0.235. The van der Waals surface area contributed by atoms with E-state index in [9.17, 15) is 0 Å². The molecule has 1 saturated heterocycles. The summed E-state index contributed by atoms with van der Waals surface area (Å²) in [4.78, 5) is 2.77. The van der Waals surface area contributed by atoms with E-state index in [1.54, 1.807) is 0 Å². The molecule has 1 aliphatic heterocycles. The zero-order valence-corrected chi connectivity index (χ0v) is 13.6. The van der Waals surface area contributed by atoms with Gasteiger partial charge in [-0.05, 0) is 39.2 Å². The smallest absolute Gasteiger partial charge is 0.0306 e. The maximum absolute atomic E-state index is 6.18. The van der Waals surface area contributed by atoms with Crippen molar-refractivity contribution < 1.29 is 0 Å². The molecule has 0 aromatic rings. The van der Waals surface area contributed by atoms with Crippen LogP contribution in [-0.2, 0) is 0 Å². The lowest BCUT2D eigenvalue weighted by Gasteiger charge is -2.45. The summed E-state index contributed by atoms with van der Waals surface area (Å²) in [6, 6.07) is 0.766. The monoisotopic (exact) mass is 268 g/mol. The Morgan fingerprint density at radius 3 is 2.53 bits per heavy atom. The normalized spacial score (nSPS) is 24.9. The van der Waals surface area contributed by atoms with Crippen LogP contribution in [0.5, 0.6) is 0 Å². The fraction of sp³-hybridized carbons (Fsp3) is 1.00. The highest BCUT2D eigenvalue weighted by molar-refractivity contribution is 4.92. The maximum Gasteiger partial charge on any atom is 0.0306 e. The van der Waals surface area contributed by atoms with Gasteiger partial charge in [0.1, 0.15) is 0 Å². The van der Waals surface area contributed by atoms with E-state index < -0.39 is 0 Å². The van der Waals surface area contributed by atoms with Gasteiger partial charge in [0.15, 0.2) is 0 Å². The van der Waals surface area contributed by atoms with Crippen LogP contribution < -0.4 is 5.73 Å². The van der Waals surface area contributed by atoms with Crippen molar-refractivity contribution in [3.05, 3.63) is 0 Å². The van der Waals surface area contributed by atoms with Crippen LogP contribution in [-0.4, -0.2) is 29.6 Å². The molecule has 0 aliphatic carbocycles. The number of hydrogen-bond donors (Lipinski definition) is 1. The van der Waals surface area contributed by atoms with Crippen LogP contribution in [0.15, 0.2) is 0 Å². The van der Waals surface area contributed by atoms with Gasteiger partial charge in [-0.15, -0.1) is 0 Å². The Balaban J connectivity index is 2.61. The van der Waals surface area contributed by atoms with Gasteiger partial charge in [-0.1, -0.05) is 52.4 Å². The van der Waals surface area contributed by atoms with Gasteiger partial charge in [-0.25, -0.2) is 0 Å². The molecule has 0 aromatic heterocycles. The van der Waals surface area contributed by atoms with E-state index in [1.807, 2.05) is 0 Å². The number of nitrogens with two attached hydrogens (primary N) is 1. The van der Waals surface area contributed by atoms with Crippen LogP contribution in [0.4, 0.5) is 0 Å². The van der Waals surface area contributed by atoms with Crippen molar-refractivity contribution in [1.29, 1.82) is 0 Å². The lowest BCUT2D eigenvalue weighted by molar-refractivity contribution is 0.0521. The van der Waals surface area contributed by atoms with Crippen LogP contribution >= 0.6 is 0 Å². The molecule has 114 valence electrons. The molecule has 1 aliphatic rings. The molecule has 1 rings (SSSR count). The van der Waals surface area contributed by atoms with Gasteiger partial charge in [0.25, 0.3) is 0 Å². The van der Waals surface area contributed by atoms with Crippen LogP contribution in [0.3, 0.4) is 0 Å². The average molecular weight is 268 g/mol. The van der Waals surface area contributed by atoms with Gasteiger partial charge in [-0.3, -0.25) is 4.90 Å². The van der Waals surface area contributed by atoms with Crippen LogP contribution in [0, 0.1) is 0 Å². The molecule has 2 N–H and O–H groups in total. The molecule has 2 nitrogen and oxygen atoms in total. The molecule has 19 heavy (non-hydrogen) atoms. The molecule has 1 heterocycles. The van der Waals surface area contributed by atoms with Crippen molar-refractivity contribution in [2.45, 2.75) is 96.6 Å².